The van der Waals surface area contributed by atoms with Gasteiger partial charge in [0.1, 0.15) is 0 Å². The van der Waals surface area contributed by atoms with Gasteiger partial charge in [0.05, 0.1) is 17.7 Å². The van der Waals surface area contributed by atoms with Crippen molar-refractivity contribution in [3.63, 3.8) is 0 Å². The first kappa shape index (κ1) is 18.3. The van der Waals surface area contributed by atoms with Crippen molar-refractivity contribution in [1.29, 1.82) is 0 Å². The molecular weight excluding hydrogens is 299 g/mol. The second-order valence-corrected chi connectivity index (χ2v) is 6.13. The number of nitrogens with zero attached hydrogens (tertiary/aromatic N) is 1. The standard InChI is InChI=1S/C15H20F3NO3/c1-9(19(13(21)22)14(2,3)4)12(20)10-5-7-11(8-6-10)15(16,17)18/h5-9,12,20H,1-4H3,(H,21,22)/t9-,12+/m0/s1. The Labute approximate surface area is 127 Å². The third-order valence-electron chi connectivity index (χ3n) is 3.37. The molecule has 0 unspecified atom stereocenters. The van der Waals surface area contributed by atoms with Crippen molar-refractivity contribution in [2.24, 2.45) is 0 Å². The summed E-state index contributed by atoms with van der Waals surface area (Å²) in [5.74, 6) is 0. The summed E-state index contributed by atoms with van der Waals surface area (Å²) >= 11 is 0. The molecule has 4 nitrogen and oxygen atoms in total. The van der Waals surface area contributed by atoms with Crippen LogP contribution >= 0.6 is 0 Å². The number of hydrogen-bond acceptors (Lipinski definition) is 2. The number of carbonyl (C=O) groups is 1. The van der Waals surface area contributed by atoms with Crippen LogP contribution in [0.25, 0.3) is 0 Å². The average Bonchev–Trinajstić information content (AvgIpc) is 2.34. The van der Waals surface area contributed by atoms with E-state index in [0.29, 0.717) is 0 Å². The van der Waals surface area contributed by atoms with Crippen molar-refractivity contribution >= 4 is 6.09 Å². The lowest BCUT2D eigenvalue weighted by molar-refractivity contribution is -0.137. The predicted octanol–water partition coefficient (Wildman–Crippen LogP) is 3.91. The highest BCUT2D eigenvalue weighted by atomic mass is 19.4. The van der Waals surface area contributed by atoms with Crippen LogP contribution in [-0.4, -0.2) is 32.8 Å². The summed E-state index contributed by atoms with van der Waals surface area (Å²) in [6, 6.07) is 3.24. The van der Waals surface area contributed by atoms with Crippen LogP contribution in [0.1, 0.15) is 44.9 Å². The maximum absolute atomic E-state index is 12.5. The minimum absolute atomic E-state index is 0.232. The van der Waals surface area contributed by atoms with Gasteiger partial charge in [0.25, 0.3) is 0 Å². The number of rotatable bonds is 3. The maximum atomic E-state index is 12.5. The fraction of sp³-hybridized carbons (Fsp3) is 0.533. The van der Waals surface area contributed by atoms with E-state index in [9.17, 15) is 28.2 Å². The van der Waals surface area contributed by atoms with Crippen molar-refractivity contribution < 1.29 is 28.2 Å². The molecule has 7 heteroatoms. The Morgan fingerprint density at radius 3 is 1.91 bits per heavy atom. The molecule has 0 aliphatic heterocycles. The van der Waals surface area contributed by atoms with Gasteiger partial charge in [0.2, 0.25) is 0 Å². The normalized spacial score (nSPS) is 15.3. The predicted molar refractivity (Wildman–Crippen MR) is 75.5 cm³/mol. The number of carboxylic acid groups (broad SMARTS) is 1. The van der Waals surface area contributed by atoms with E-state index in [2.05, 4.69) is 0 Å². The van der Waals surface area contributed by atoms with Crippen LogP contribution < -0.4 is 0 Å². The summed E-state index contributed by atoms with van der Waals surface area (Å²) in [5.41, 5.74) is -1.34. The molecule has 1 amide bonds. The van der Waals surface area contributed by atoms with E-state index in [0.717, 1.165) is 29.2 Å². The number of aliphatic hydroxyl groups excluding tert-OH is 1. The zero-order valence-electron chi connectivity index (χ0n) is 12.8. The largest absolute Gasteiger partial charge is 0.465 e. The third kappa shape index (κ3) is 4.13. The number of halogens is 3. The Kier molecular flexibility index (Phi) is 5.12. The van der Waals surface area contributed by atoms with Crippen molar-refractivity contribution in [2.45, 2.75) is 51.6 Å². The van der Waals surface area contributed by atoms with Crippen LogP contribution in [-0.2, 0) is 6.18 Å². The number of hydrogen-bond donors (Lipinski definition) is 2. The molecule has 0 radical (unpaired) electrons. The van der Waals surface area contributed by atoms with E-state index in [1.807, 2.05) is 0 Å². The zero-order valence-corrected chi connectivity index (χ0v) is 12.8. The molecule has 0 aliphatic rings. The van der Waals surface area contributed by atoms with E-state index in [1.54, 1.807) is 20.8 Å². The van der Waals surface area contributed by atoms with Crippen LogP contribution in [0.4, 0.5) is 18.0 Å². The molecule has 0 aliphatic carbocycles. The van der Waals surface area contributed by atoms with Gasteiger partial charge in [-0.25, -0.2) is 4.79 Å². The minimum atomic E-state index is -4.45. The van der Waals surface area contributed by atoms with Crippen LogP contribution in [0.2, 0.25) is 0 Å². The zero-order chi connectivity index (χ0) is 17.3. The number of benzene rings is 1. The smallest absolute Gasteiger partial charge is 0.416 e. The van der Waals surface area contributed by atoms with E-state index >= 15 is 0 Å². The molecule has 0 fully saturated rings. The number of aliphatic hydroxyl groups is 1. The molecule has 2 atom stereocenters. The molecule has 0 saturated heterocycles. The van der Waals surface area contributed by atoms with E-state index < -0.39 is 35.5 Å². The Morgan fingerprint density at radius 2 is 1.59 bits per heavy atom. The van der Waals surface area contributed by atoms with Crippen LogP contribution in [0.5, 0.6) is 0 Å². The topological polar surface area (TPSA) is 60.8 Å². The molecule has 1 aromatic rings. The van der Waals surface area contributed by atoms with Gasteiger partial charge >= 0.3 is 12.3 Å². The summed E-state index contributed by atoms with van der Waals surface area (Å²) in [6.07, 6.45) is -6.88. The summed E-state index contributed by atoms with van der Waals surface area (Å²) in [4.78, 5) is 12.5. The first-order valence-corrected chi connectivity index (χ1v) is 6.73. The monoisotopic (exact) mass is 319 g/mol. The Bertz CT molecular complexity index is 520. The molecule has 0 heterocycles. The lowest BCUT2D eigenvalue weighted by atomic mass is 9.96. The van der Waals surface area contributed by atoms with Crippen LogP contribution in [0.3, 0.4) is 0 Å². The van der Waals surface area contributed by atoms with Crippen molar-refractivity contribution in [3.8, 4) is 0 Å². The average molecular weight is 319 g/mol. The van der Waals surface area contributed by atoms with Gasteiger partial charge in [0.15, 0.2) is 0 Å². The molecule has 0 spiro atoms. The van der Waals surface area contributed by atoms with Crippen LogP contribution in [0.15, 0.2) is 24.3 Å². The molecule has 0 aromatic heterocycles. The van der Waals surface area contributed by atoms with Crippen molar-refractivity contribution in [2.75, 3.05) is 0 Å². The van der Waals surface area contributed by atoms with Crippen molar-refractivity contribution in [3.05, 3.63) is 35.4 Å². The van der Waals surface area contributed by atoms with Gasteiger partial charge in [0, 0.05) is 5.54 Å². The molecule has 2 N–H and O–H groups in total. The summed E-state index contributed by atoms with van der Waals surface area (Å²) in [6.45, 7) is 6.55. The first-order chi connectivity index (χ1) is 9.85. The fourth-order valence-electron chi connectivity index (χ4n) is 2.36. The summed E-state index contributed by atoms with van der Waals surface area (Å²) < 4.78 is 37.6. The Morgan fingerprint density at radius 1 is 1.14 bits per heavy atom. The minimum Gasteiger partial charge on any atom is -0.465 e. The van der Waals surface area contributed by atoms with Crippen LogP contribution in [0, 0.1) is 0 Å². The number of amides is 1. The SMILES string of the molecule is C[C@@H]([C@@H](O)c1ccc(C(F)(F)F)cc1)N(C(=O)O)C(C)(C)C. The molecular formula is C15H20F3NO3. The highest BCUT2D eigenvalue weighted by Crippen LogP contribution is 2.31. The van der Waals surface area contributed by atoms with Gasteiger partial charge in [-0.05, 0) is 45.4 Å². The molecule has 1 aromatic carbocycles. The lowest BCUT2D eigenvalue weighted by Gasteiger charge is -2.40. The fourth-order valence-corrected chi connectivity index (χ4v) is 2.36. The highest BCUT2D eigenvalue weighted by Gasteiger charge is 2.35. The Hall–Kier alpha value is -1.76. The molecule has 1 rings (SSSR count). The van der Waals surface area contributed by atoms with Gasteiger partial charge in [-0.3, -0.25) is 4.90 Å². The highest BCUT2D eigenvalue weighted by molar-refractivity contribution is 5.66. The van der Waals surface area contributed by atoms with Crippen molar-refractivity contribution in [1.82, 2.24) is 4.90 Å². The molecule has 22 heavy (non-hydrogen) atoms. The van der Waals surface area contributed by atoms with Gasteiger partial charge in [-0.1, -0.05) is 12.1 Å². The number of alkyl halides is 3. The van der Waals surface area contributed by atoms with E-state index in [-0.39, 0.29) is 5.56 Å². The molecule has 0 saturated carbocycles. The Balaban J connectivity index is 3.04. The van der Waals surface area contributed by atoms with Gasteiger partial charge in [-0.15, -0.1) is 0 Å². The third-order valence-corrected chi connectivity index (χ3v) is 3.37. The van der Waals surface area contributed by atoms with E-state index in [4.69, 9.17) is 0 Å². The summed E-state index contributed by atoms with van der Waals surface area (Å²) in [7, 11) is 0. The second-order valence-electron chi connectivity index (χ2n) is 6.13. The second kappa shape index (κ2) is 6.16. The molecule has 124 valence electrons. The molecule has 0 bridgehead atoms. The quantitative estimate of drug-likeness (QED) is 0.888. The maximum Gasteiger partial charge on any atom is 0.416 e. The first-order valence-electron chi connectivity index (χ1n) is 6.73. The van der Waals surface area contributed by atoms with E-state index in [1.165, 1.54) is 6.92 Å². The lowest BCUT2D eigenvalue weighted by Crippen LogP contribution is -2.52. The summed E-state index contributed by atoms with van der Waals surface area (Å²) in [5, 5.41) is 19.6. The van der Waals surface area contributed by atoms with Gasteiger partial charge < -0.3 is 10.2 Å². The van der Waals surface area contributed by atoms with Gasteiger partial charge in [-0.2, -0.15) is 13.2 Å².